The van der Waals surface area contributed by atoms with E-state index >= 15 is 0 Å². The van der Waals surface area contributed by atoms with Crippen LogP contribution in [-0.2, 0) is 25.6 Å². The average Bonchev–Trinajstić information content (AvgIpc) is 2.91. The monoisotopic (exact) mass is 575 g/mol. The number of ether oxygens (including phenoxy) is 2. The summed E-state index contributed by atoms with van der Waals surface area (Å²) in [5, 5.41) is 2.88. The number of hydrogen-bond donors (Lipinski definition) is 1. The Hall–Kier alpha value is -2.26. The molecular formula is C31H49N3O5S. The number of amides is 2. The Kier molecular flexibility index (Phi) is 13.1. The molecule has 2 fully saturated rings. The van der Waals surface area contributed by atoms with E-state index in [1.807, 2.05) is 31.7 Å². The quantitative estimate of drug-likeness (QED) is 0.341. The molecule has 0 spiro atoms. The topological polar surface area (TPSA) is 88.2 Å². The molecule has 0 aromatic heterocycles. The molecule has 1 aromatic rings. The van der Waals surface area contributed by atoms with Crippen molar-refractivity contribution < 1.29 is 23.9 Å². The van der Waals surface area contributed by atoms with Gasteiger partial charge in [0.15, 0.2) is 0 Å². The van der Waals surface area contributed by atoms with E-state index in [1.165, 1.54) is 44.6 Å². The predicted molar refractivity (Wildman–Crippen MR) is 160 cm³/mol. The number of esters is 1. The van der Waals surface area contributed by atoms with Crippen molar-refractivity contribution in [1.82, 2.24) is 15.1 Å². The van der Waals surface area contributed by atoms with Crippen molar-refractivity contribution in [3.8, 4) is 0 Å². The highest BCUT2D eigenvalue weighted by Gasteiger charge is 2.34. The Morgan fingerprint density at radius 1 is 1.05 bits per heavy atom. The van der Waals surface area contributed by atoms with Crippen LogP contribution in [0.3, 0.4) is 0 Å². The van der Waals surface area contributed by atoms with Crippen LogP contribution in [0.25, 0.3) is 0 Å². The summed E-state index contributed by atoms with van der Waals surface area (Å²) >= 11 is 1.74. The van der Waals surface area contributed by atoms with E-state index in [4.69, 9.17) is 9.47 Å². The van der Waals surface area contributed by atoms with Crippen molar-refractivity contribution in [2.75, 3.05) is 37.7 Å². The van der Waals surface area contributed by atoms with Gasteiger partial charge >= 0.3 is 12.1 Å². The second-order valence-electron chi connectivity index (χ2n) is 12.1. The molecule has 40 heavy (non-hydrogen) atoms. The van der Waals surface area contributed by atoms with Crippen molar-refractivity contribution >= 4 is 29.7 Å². The van der Waals surface area contributed by atoms with Gasteiger partial charge in [-0.25, -0.2) is 4.79 Å². The van der Waals surface area contributed by atoms with Gasteiger partial charge < -0.3 is 19.7 Å². The Balaban J connectivity index is 1.67. The number of benzene rings is 1. The van der Waals surface area contributed by atoms with Crippen LogP contribution in [0.2, 0.25) is 0 Å². The predicted octanol–water partition coefficient (Wildman–Crippen LogP) is 5.25. The van der Waals surface area contributed by atoms with Crippen LogP contribution < -0.4 is 5.32 Å². The minimum Gasteiger partial charge on any atom is -0.464 e. The van der Waals surface area contributed by atoms with E-state index in [0.29, 0.717) is 18.2 Å². The van der Waals surface area contributed by atoms with Gasteiger partial charge in [0.1, 0.15) is 18.2 Å². The van der Waals surface area contributed by atoms with Crippen LogP contribution in [0.5, 0.6) is 0 Å². The summed E-state index contributed by atoms with van der Waals surface area (Å²) in [5.74, 6) is 1.66. The summed E-state index contributed by atoms with van der Waals surface area (Å²) in [7, 11) is 0. The van der Waals surface area contributed by atoms with E-state index in [1.54, 1.807) is 11.8 Å². The molecule has 2 amide bonds. The van der Waals surface area contributed by atoms with Crippen molar-refractivity contribution in [2.24, 2.45) is 5.92 Å². The number of hydrogen-bond acceptors (Lipinski definition) is 7. The molecule has 1 aliphatic heterocycles. The van der Waals surface area contributed by atoms with E-state index in [9.17, 15) is 14.4 Å². The lowest BCUT2D eigenvalue weighted by molar-refractivity contribution is -0.145. The lowest BCUT2D eigenvalue weighted by Crippen LogP contribution is -2.56. The fraction of sp³-hybridized carbons (Fsp3) is 0.710. The van der Waals surface area contributed by atoms with Gasteiger partial charge in [-0.1, -0.05) is 49.6 Å². The number of rotatable bonds is 12. The molecule has 2 aliphatic rings. The maximum Gasteiger partial charge on any atom is 0.408 e. The minimum atomic E-state index is -0.705. The van der Waals surface area contributed by atoms with Gasteiger partial charge in [0.25, 0.3) is 0 Å². The zero-order valence-corrected chi connectivity index (χ0v) is 25.7. The zero-order chi connectivity index (χ0) is 29.0. The first-order valence-corrected chi connectivity index (χ1v) is 16.0. The summed E-state index contributed by atoms with van der Waals surface area (Å²) in [5.41, 5.74) is 0.619. The fourth-order valence-electron chi connectivity index (χ4n) is 5.52. The molecule has 1 heterocycles. The largest absolute Gasteiger partial charge is 0.464 e. The molecular weight excluding hydrogens is 526 g/mol. The molecule has 1 N–H and O–H groups in total. The normalized spacial score (nSPS) is 18.1. The van der Waals surface area contributed by atoms with Crippen molar-refractivity contribution in [1.29, 1.82) is 0 Å². The first kappa shape index (κ1) is 32.3. The molecule has 0 unspecified atom stereocenters. The molecule has 224 valence electrons. The molecule has 3 rings (SSSR count). The number of carbonyl (C=O) groups is 3. The van der Waals surface area contributed by atoms with Crippen LogP contribution in [0, 0.1) is 5.92 Å². The maximum absolute atomic E-state index is 14.1. The zero-order valence-electron chi connectivity index (χ0n) is 24.9. The number of alkyl carbamates (subject to hydrolysis) is 1. The van der Waals surface area contributed by atoms with E-state index in [2.05, 4.69) is 34.5 Å². The second kappa shape index (κ2) is 16.2. The first-order valence-electron chi connectivity index (χ1n) is 14.9. The Morgan fingerprint density at radius 3 is 2.35 bits per heavy atom. The number of thioether (sulfide) groups is 1. The summed E-state index contributed by atoms with van der Waals surface area (Å²) in [6, 6.07) is 9.72. The number of nitrogens with zero attached hydrogens (tertiary/aromatic N) is 2. The number of likely N-dealkylation sites (tertiary alicyclic amines) is 1. The lowest BCUT2D eigenvalue weighted by Gasteiger charge is -2.40. The van der Waals surface area contributed by atoms with Gasteiger partial charge in [0.2, 0.25) is 5.91 Å². The molecule has 1 aromatic carbocycles. The van der Waals surface area contributed by atoms with Crippen LogP contribution in [-0.4, -0.2) is 83.2 Å². The van der Waals surface area contributed by atoms with Gasteiger partial charge in [-0.05, 0) is 63.7 Å². The molecule has 9 heteroatoms. The third kappa shape index (κ3) is 11.7. The molecule has 1 atom stereocenters. The standard InChI is InChI=1S/C31H49N3O5S/c1-24(35)38-20-19-34(27-15-17-33(18-16-27)21-25-11-7-5-8-12-25)29(36)28(32-30(37)39-31(2,3)4)23-40-22-26-13-9-6-10-14-26/h5,7-8,11-12,26-28H,6,9-10,13-23H2,1-4H3,(H,32,37)/t28-/m0/s1. The smallest absolute Gasteiger partial charge is 0.408 e. The van der Waals surface area contributed by atoms with Gasteiger partial charge in [-0.3, -0.25) is 14.5 Å². The summed E-state index contributed by atoms with van der Waals surface area (Å²) in [6.45, 7) is 9.90. The highest BCUT2D eigenvalue weighted by atomic mass is 32.2. The molecule has 1 aliphatic carbocycles. The maximum atomic E-state index is 14.1. The van der Waals surface area contributed by atoms with Gasteiger partial charge in [-0.15, -0.1) is 0 Å². The van der Waals surface area contributed by atoms with E-state index < -0.39 is 17.7 Å². The summed E-state index contributed by atoms with van der Waals surface area (Å²) in [6.07, 6.45) is 7.40. The van der Waals surface area contributed by atoms with Crippen LogP contribution in [0.15, 0.2) is 30.3 Å². The van der Waals surface area contributed by atoms with Gasteiger partial charge in [-0.2, -0.15) is 11.8 Å². The van der Waals surface area contributed by atoms with Crippen LogP contribution in [0.4, 0.5) is 4.79 Å². The molecule has 0 bridgehead atoms. The van der Waals surface area contributed by atoms with Crippen molar-refractivity contribution in [3.63, 3.8) is 0 Å². The summed E-state index contributed by atoms with van der Waals surface area (Å²) < 4.78 is 10.8. The van der Waals surface area contributed by atoms with E-state index in [0.717, 1.165) is 38.2 Å². The molecule has 8 nitrogen and oxygen atoms in total. The first-order chi connectivity index (χ1) is 19.1. The fourth-order valence-corrected chi connectivity index (χ4v) is 6.79. The Labute approximate surface area is 244 Å². The Morgan fingerprint density at radius 2 is 1.73 bits per heavy atom. The van der Waals surface area contributed by atoms with Crippen LogP contribution in [0.1, 0.15) is 78.2 Å². The number of nitrogens with one attached hydrogen (secondary N) is 1. The highest BCUT2D eigenvalue weighted by Crippen LogP contribution is 2.27. The van der Waals surface area contributed by atoms with Crippen molar-refractivity contribution in [2.45, 2.75) is 96.9 Å². The number of piperidine rings is 1. The molecule has 0 radical (unpaired) electrons. The van der Waals surface area contributed by atoms with Gasteiger partial charge in [0.05, 0.1) is 6.54 Å². The van der Waals surface area contributed by atoms with Gasteiger partial charge in [0, 0.05) is 38.4 Å². The number of carbonyl (C=O) groups excluding carboxylic acids is 3. The van der Waals surface area contributed by atoms with Crippen LogP contribution >= 0.6 is 11.8 Å². The van der Waals surface area contributed by atoms with Crippen molar-refractivity contribution in [3.05, 3.63) is 35.9 Å². The molecule has 1 saturated heterocycles. The highest BCUT2D eigenvalue weighted by molar-refractivity contribution is 7.99. The average molecular weight is 576 g/mol. The second-order valence-corrected chi connectivity index (χ2v) is 13.2. The third-order valence-electron chi connectivity index (χ3n) is 7.52. The molecule has 1 saturated carbocycles. The lowest BCUT2D eigenvalue weighted by atomic mass is 9.91. The van der Waals surface area contributed by atoms with E-state index in [-0.39, 0.29) is 24.5 Å². The summed E-state index contributed by atoms with van der Waals surface area (Å²) in [4.78, 5) is 42.6. The Bertz CT molecular complexity index is 925. The SMILES string of the molecule is CC(=O)OCCN(C(=O)[C@H](CSCC1CCCCC1)NC(=O)OC(C)(C)C)C1CCN(Cc2ccccc2)CC1. The third-order valence-corrected chi connectivity index (χ3v) is 8.80. The minimum absolute atomic E-state index is 0.0152.